The van der Waals surface area contributed by atoms with Crippen molar-refractivity contribution in [3.63, 3.8) is 0 Å². The van der Waals surface area contributed by atoms with Crippen molar-refractivity contribution in [2.24, 2.45) is 28.6 Å². The van der Waals surface area contributed by atoms with Gasteiger partial charge in [0.1, 0.15) is 17.4 Å². The van der Waals surface area contributed by atoms with Crippen LogP contribution in [0.4, 0.5) is 4.39 Å². The van der Waals surface area contributed by atoms with E-state index in [1.807, 2.05) is 26.8 Å². The first-order valence-electron chi connectivity index (χ1n) is 9.75. The van der Waals surface area contributed by atoms with Crippen LogP contribution < -0.4 is 0 Å². The second-order valence-corrected chi connectivity index (χ2v) is 10.1. The summed E-state index contributed by atoms with van der Waals surface area (Å²) in [5, 5.41) is 10.9. The summed E-state index contributed by atoms with van der Waals surface area (Å²) >= 11 is 4.03. The standard InChI is InChI=1S/C21H25FO4S/c1-10-6-12-13-8-15(22)14-7-11(23)4-5-18(14,2)21(13)16(26-21)9-19(12,3)20(10,25)17(24)27/h4-5,7,10,12-13,15-16,25H,6,8-9H2,1-3H3,(H,24,27)/t10-,12?,13?,15+,16+,18+,19?,20+,21-/m1/s1. The molecule has 0 bridgehead atoms. The van der Waals surface area contributed by atoms with E-state index in [4.69, 9.17) is 4.74 Å². The van der Waals surface area contributed by atoms with Gasteiger partial charge in [-0.15, -0.1) is 12.6 Å². The molecule has 3 saturated carbocycles. The number of alkyl halides is 1. The first-order chi connectivity index (χ1) is 12.5. The Morgan fingerprint density at radius 2 is 2.04 bits per heavy atom. The van der Waals surface area contributed by atoms with Gasteiger partial charge in [0.05, 0.1) is 6.10 Å². The SMILES string of the molecule is C[C@@H]1CC2C3C[C@H](F)C4=CC(=O)C=C[C@]4(C)[C@@]34O[C@H]4CC2(C)[C@@]1(O)C(=O)S. The Bertz CT molecular complexity index is 838. The minimum atomic E-state index is -1.53. The molecular formula is C21H25FO4S. The van der Waals surface area contributed by atoms with Crippen molar-refractivity contribution in [2.75, 3.05) is 0 Å². The Balaban J connectivity index is 1.64. The Morgan fingerprint density at radius 3 is 2.70 bits per heavy atom. The first kappa shape index (κ1) is 18.1. The van der Waals surface area contributed by atoms with Crippen LogP contribution in [0.3, 0.4) is 0 Å². The van der Waals surface area contributed by atoms with Crippen molar-refractivity contribution in [1.82, 2.24) is 0 Å². The number of aliphatic hydroxyl groups is 1. The highest BCUT2D eigenvalue weighted by molar-refractivity contribution is 7.96. The van der Waals surface area contributed by atoms with Gasteiger partial charge in [0.15, 0.2) is 5.78 Å². The van der Waals surface area contributed by atoms with Crippen molar-refractivity contribution in [1.29, 1.82) is 0 Å². The highest BCUT2D eigenvalue weighted by Gasteiger charge is 2.82. The number of carbonyl (C=O) groups is 2. The van der Waals surface area contributed by atoms with Crippen LogP contribution in [0.15, 0.2) is 23.8 Å². The van der Waals surface area contributed by atoms with E-state index in [1.54, 1.807) is 0 Å². The number of rotatable bonds is 1. The predicted molar refractivity (Wildman–Crippen MR) is 99.9 cm³/mol. The quantitative estimate of drug-likeness (QED) is 0.532. The van der Waals surface area contributed by atoms with Gasteiger partial charge in [0.2, 0.25) is 5.12 Å². The lowest BCUT2D eigenvalue weighted by Gasteiger charge is -2.56. The van der Waals surface area contributed by atoms with E-state index < -0.39 is 33.3 Å². The van der Waals surface area contributed by atoms with Gasteiger partial charge in [-0.1, -0.05) is 19.9 Å². The average Bonchev–Trinajstić information content (AvgIpc) is 3.27. The molecule has 1 N–H and O–H groups in total. The third kappa shape index (κ3) is 1.75. The second kappa shape index (κ2) is 4.95. The Kier molecular flexibility index (Phi) is 3.31. The number of thiol groups is 1. The zero-order valence-electron chi connectivity index (χ0n) is 15.7. The molecule has 0 radical (unpaired) electrons. The molecule has 9 atom stereocenters. The number of carbonyl (C=O) groups excluding carboxylic acids is 2. The monoisotopic (exact) mass is 392 g/mol. The van der Waals surface area contributed by atoms with Gasteiger partial charge in [-0.25, -0.2) is 4.39 Å². The number of ether oxygens (including phenoxy) is 1. The summed E-state index contributed by atoms with van der Waals surface area (Å²) in [7, 11) is 0. The average molecular weight is 392 g/mol. The van der Waals surface area contributed by atoms with Crippen LogP contribution >= 0.6 is 12.6 Å². The summed E-state index contributed by atoms with van der Waals surface area (Å²) in [5.74, 6) is -0.559. The fourth-order valence-corrected chi connectivity index (χ4v) is 7.91. The number of hydrogen-bond acceptors (Lipinski definition) is 4. The number of ketones is 1. The molecule has 4 aliphatic carbocycles. The van der Waals surface area contributed by atoms with Crippen molar-refractivity contribution in [2.45, 2.75) is 63.5 Å². The zero-order valence-corrected chi connectivity index (χ0v) is 16.6. The Hall–Kier alpha value is -0.980. The zero-order chi connectivity index (χ0) is 19.6. The maximum Gasteiger partial charge on any atom is 0.218 e. The smallest absolute Gasteiger partial charge is 0.218 e. The topological polar surface area (TPSA) is 66.9 Å². The van der Waals surface area contributed by atoms with Gasteiger partial charge >= 0.3 is 0 Å². The summed E-state index contributed by atoms with van der Waals surface area (Å²) in [6, 6.07) is 0. The summed E-state index contributed by atoms with van der Waals surface area (Å²) in [4.78, 5) is 24.2. The number of epoxide rings is 1. The molecule has 0 aromatic carbocycles. The van der Waals surface area contributed by atoms with Crippen LogP contribution in [0.5, 0.6) is 0 Å². The van der Waals surface area contributed by atoms with E-state index in [2.05, 4.69) is 12.6 Å². The van der Waals surface area contributed by atoms with Gasteiger partial charge in [-0.2, -0.15) is 0 Å². The van der Waals surface area contributed by atoms with E-state index >= 15 is 4.39 Å². The summed E-state index contributed by atoms with van der Waals surface area (Å²) in [6.45, 7) is 5.80. The maximum atomic E-state index is 15.3. The predicted octanol–water partition coefficient (Wildman–Crippen LogP) is 2.81. The van der Waals surface area contributed by atoms with E-state index in [9.17, 15) is 14.7 Å². The molecule has 0 amide bonds. The van der Waals surface area contributed by atoms with Crippen LogP contribution in [0, 0.1) is 28.6 Å². The lowest BCUT2D eigenvalue weighted by molar-refractivity contribution is -0.153. The molecule has 4 fully saturated rings. The number of halogens is 1. The molecule has 1 heterocycles. The minimum Gasteiger partial charge on any atom is -0.380 e. The lowest BCUT2D eigenvalue weighted by Crippen LogP contribution is -2.62. The lowest BCUT2D eigenvalue weighted by atomic mass is 9.46. The number of fused-ring (bicyclic) bond motifs is 3. The number of allylic oxidation sites excluding steroid dienone is 2. The van der Waals surface area contributed by atoms with Crippen molar-refractivity contribution in [3.05, 3.63) is 23.8 Å². The van der Waals surface area contributed by atoms with E-state index in [1.165, 1.54) is 12.2 Å². The summed E-state index contributed by atoms with van der Waals surface area (Å²) < 4.78 is 21.6. The van der Waals surface area contributed by atoms with E-state index in [-0.39, 0.29) is 36.1 Å². The normalized spacial score (nSPS) is 57.9. The molecule has 0 aromatic heterocycles. The molecule has 5 aliphatic rings. The van der Waals surface area contributed by atoms with Crippen LogP contribution in [-0.2, 0) is 14.3 Å². The van der Waals surface area contributed by atoms with Crippen molar-refractivity contribution >= 4 is 23.5 Å². The first-order valence-corrected chi connectivity index (χ1v) is 10.2. The molecule has 1 spiro atoms. The molecule has 146 valence electrons. The largest absolute Gasteiger partial charge is 0.380 e. The van der Waals surface area contributed by atoms with E-state index in [0.717, 1.165) is 0 Å². The summed E-state index contributed by atoms with van der Waals surface area (Å²) in [5.41, 5.74) is -2.91. The number of hydrogen-bond donors (Lipinski definition) is 2. The third-order valence-corrected chi connectivity index (χ3v) is 9.17. The van der Waals surface area contributed by atoms with Gasteiger partial charge in [0.25, 0.3) is 0 Å². The Morgan fingerprint density at radius 1 is 1.33 bits per heavy atom. The van der Waals surface area contributed by atoms with Crippen LogP contribution in [-0.4, -0.2) is 39.5 Å². The van der Waals surface area contributed by atoms with Gasteiger partial charge in [-0.05, 0) is 61.7 Å². The van der Waals surface area contributed by atoms with E-state index in [0.29, 0.717) is 18.4 Å². The molecule has 1 saturated heterocycles. The highest BCUT2D eigenvalue weighted by Crippen LogP contribution is 2.76. The molecule has 5 rings (SSSR count). The second-order valence-electron chi connectivity index (χ2n) is 9.68. The van der Waals surface area contributed by atoms with Crippen molar-refractivity contribution in [3.8, 4) is 0 Å². The third-order valence-electron chi connectivity index (χ3n) is 8.83. The van der Waals surface area contributed by atoms with Crippen LogP contribution in [0.25, 0.3) is 0 Å². The summed E-state index contributed by atoms with van der Waals surface area (Å²) in [6.07, 6.45) is 4.85. The van der Waals surface area contributed by atoms with Crippen molar-refractivity contribution < 1.29 is 23.8 Å². The fraction of sp³-hybridized carbons (Fsp3) is 0.714. The Labute approximate surface area is 163 Å². The highest BCUT2D eigenvalue weighted by atomic mass is 32.1. The van der Waals surface area contributed by atoms with Crippen LogP contribution in [0.2, 0.25) is 0 Å². The molecule has 3 unspecified atom stereocenters. The van der Waals surface area contributed by atoms with Gasteiger partial charge in [0, 0.05) is 10.8 Å². The molecule has 6 heteroatoms. The molecule has 1 aliphatic heterocycles. The maximum absolute atomic E-state index is 15.3. The van der Waals surface area contributed by atoms with Gasteiger partial charge in [-0.3, -0.25) is 9.59 Å². The molecule has 4 nitrogen and oxygen atoms in total. The minimum absolute atomic E-state index is 0.0324. The molecular weight excluding hydrogens is 367 g/mol. The molecule has 0 aromatic rings. The van der Waals surface area contributed by atoms with Gasteiger partial charge < -0.3 is 9.84 Å². The molecule has 27 heavy (non-hydrogen) atoms. The van der Waals surface area contributed by atoms with Crippen LogP contribution in [0.1, 0.15) is 40.0 Å². The fourth-order valence-electron chi connectivity index (χ4n) is 7.43.